The zero-order valence-electron chi connectivity index (χ0n) is 13.5. The van der Waals surface area contributed by atoms with Crippen LogP contribution in [0.3, 0.4) is 0 Å². The van der Waals surface area contributed by atoms with E-state index in [2.05, 4.69) is 12.0 Å². The van der Waals surface area contributed by atoms with Gasteiger partial charge in [0.1, 0.15) is 13.4 Å². The number of carbonyl (C=O) groups excluding carboxylic acids is 1. The number of aromatic nitrogens is 2. The van der Waals surface area contributed by atoms with Crippen LogP contribution in [-0.4, -0.2) is 46.9 Å². The first kappa shape index (κ1) is 16.2. The average Bonchev–Trinajstić information content (AvgIpc) is 2.80. The molecule has 1 N–H and O–H groups in total. The summed E-state index contributed by atoms with van der Waals surface area (Å²) in [5.74, 6) is 0.0184. The fourth-order valence-corrected chi connectivity index (χ4v) is 3.27. The van der Waals surface area contributed by atoms with Crippen LogP contribution in [0.5, 0.6) is 0 Å². The van der Waals surface area contributed by atoms with Crippen molar-refractivity contribution in [3.63, 3.8) is 0 Å². The van der Waals surface area contributed by atoms with Gasteiger partial charge >= 0.3 is 0 Å². The number of hydrogen-bond acceptors (Lipinski definition) is 3. The Balaban J connectivity index is 2.29. The first-order chi connectivity index (χ1) is 9.64. The summed E-state index contributed by atoms with van der Waals surface area (Å²) in [6, 6.07) is 0. The second-order valence-corrected chi connectivity index (χ2v) is 12.3. The summed E-state index contributed by atoms with van der Waals surface area (Å²) in [5.41, 5.74) is 1.24. The van der Waals surface area contributed by atoms with Crippen molar-refractivity contribution in [3.8, 4) is 0 Å². The Hall–Kier alpha value is -1.14. The van der Waals surface area contributed by atoms with Crippen molar-refractivity contribution in [3.05, 3.63) is 24.4 Å². The van der Waals surface area contributed by atoms with Crippen molar-refractivity contribution in [2.45, 2.75) is 51.2 Å². The van der Waals surface area contributed by atoms with Crippen LogP contribution in [0.15, 0.2) is 6.20 Å². The van der Waals surface area contributed by atoms with Gasteiger partial charge in [-0.1, -0.05) is 19.6 Å². The third kappa shape index (κ3) is 3.06. The normalized spacial score (nSPS) is 19.4. The third-order valence-electron chi connectivity index (χ3n) is 4.35. The largest absolute Gasteiger partial charge is 0.373 e. The monoisotopic (exact) mass is 308 g/mol. The van der Waals surface area contributed by atoms with Crippen molar-refractivity contribution in [2.75, 3.05) is 13.1 Å². The molecule has 0 bridgehead atoms. The zero-order valence-corrected chi connectivity index (χ0v) is 14.5. The fraction of sp³-hybridized carbons (Fsp3) is 0.667. The zero-order chi connectivity index (χ0) is 15.8. The van der Waals surface area contributed by atoms with Crippen LogP contribution in [0.25, 0.3) is 0 Å². The number of piperidine rings is 1. The lowest BCUT2D eigenvalue weighted by atomic mass is 10.1. The van der Waals surface area contributed by atoms with Crippen molar-refractivity contribution >= 4 is 14.0 Å². The Morgan fingerprint density at radius 2 is 1.90 bits per heavy atom. The van der Waals surface area contributed by atoms with Gasteiger partial charge in [-0.2, -0.15) is 5.10 Å². The molecule has 1 amide bonds. The summed E-state index contributed by atoms with van der Waals surface area (Å²) < 4.78 is 1.48. The molecule has 1 aromatic heterocycles. The highest BCUT2D eigenvalue weighted by atomic mass is 28.3. The van der Waals surface area contributed by atoms with Gasteiger partial charge in [0.25, 0.3) is 5.91 Å². The summed E-state index contributed by atoms with van der Waals surface area (Å²) >= 11 is 0. The van der Waals surface area contributed by atoms with Crippen molar-refractivity contribution < 1.29 is 9.90 Å². The third-order valence-corrected chi connectivity index (χ3v) is 6.98. The van der Waals surface area contributed by atoms with E-state index in [1.807, 2.05) is 31.5 Å². The number of aliphatic hydroxyl groups is 1. The Morgan fingerprint density at radius 3 is 2.43 bits per heavy atom. The predicted molar refractivity (Wildman–Crippen MR) is 85.6 cm³/mol. The van der Waals surface area contributed by atoms with E-state index in [1.54, 1.807) is 6.20 Å². The van der Waals surface area contributed by atoms with E-state index in [-0.39, 0.29) is 5.91 Å². The van der Waals surface area contributed by atoms with Crippen LogP contribution in [0.4, 0.5) is 0 Å². The van der Waals surface area contributed by atoms with Gasteiger partial charge in [0.15, 0.2) is 0 Å². The highest BCUT2D eigenvalue weighted by molar-refractivity contribution is 6.78. The summed E-state index contributed by atoms with van der Waals surface area (Å²) in [6.45, 7) is 13.5. The molecule has 6 heteroatoms. The maximum absolute atomic E-state index is 12.6. The molecule has 5 nitrogen and oxygen atoms in total. The molecule has 0 spiro atoms. The SMILES string of the molecule is [CH2]C(O)(n1cc(C(=O)N2CCCCC2)c(C)n1)[Si](C)(C)C. The molecule has 2 rings (SSSR count). The van der Waals surface area contributed by atoms with Crippen LogP contribution in [0.1, 0.15) is 35.3 Å². The molecule has 1 fully saturated rings. The second kappa shape index (κ2) is 5.57. The predicted octanol–water partition coefficient (Wildman–Crippen LogP) is 2.17. The number of aryl methyl sites for hydroxylation is 1. The maximum atomic E-state index is 12.6. The molecule has 0 aromatic carbocycles. The van der Waals surface area contributed by atoms with Crippen molar-refractivity contribution in [2.24, 2.45) is 0 Å². The minimum absolute atomic E-state index is 0.0184. The molecule has 21 heavy (non-hydrogen) atoms. The molecule has 0 saturated carbocycles. The second-order valence-electron chi connectivity index (χ2n) is 6.99. The Kier molecular flexibility index (Phi) is 4.30. The minimum atomic E-state index is -1.99. The lowest BCUT2D eigenvalue weighted by Gasteiger charge is -2.35. The smallest absolute Gasteiger partial charge is 0.257 e. The molecular formula is C15H26N3O2Si. The molecule has 1 radical (unpaired) electrons. The summed E-state index contributed by atoms with van der Waals surface area (Å²) in [4.78, 5) is 14.5. The standard InChI is InChI=1S/C15H26N3O2Si/c1-12-13(14(19)17-9-7-6-8-10-17)11-18(16-12)15(2,20)21(3,4)5/h11,20H,2,6-10H2,1,3-5H3. The highest BCUT2D eigenvalue weighted by Gasteiger charge is 2.40. The van der Waals surface area contributed by atoms with E-state index in [1.165, 1.54) is 11.1 Å². The molecule has 1 unspecified atom stereocenters. The first-order valence-electron chi connectivity index (χ1n) is 7.58. The lowest BCUT2D eigenvalue weighted by Crippen LogP contribution is -2.52. The van der Waals surface area contributed by atoms with E-state index in [4.69, 9.17) is 0 Å². The summed E-state index contributed by atoms with van der Waals surface area (Å²) in [6.07, 6.45) is 4.98. The lowest BCUT2D eigenvalue weighted by molar-refractivity contribution is 0.0709. The summed E-state index contributed by atoms with van der Waals surface area (Å²) in [7, 11) is -1.99. The van der Waals surface area contributed by atoms with E-state index in [0.717, 1.165) is 25.9 Å². The van der Waals surface area contributed by atoms with Gasteiger partial charge in [-0.05, 0) is 33.1 Å². The van der Waals surface area contributed by atoms with Crippen molar-refractivity contribution in [1.29, 1.82) is 0 Å². The fourth-order valence-electron chi connectivity index (χ4n) is 2.47. The number of likely N-dealkylation sites (tertiary alicyclic amines) is 1. The maximum Gasteiger partial charge on any atom is 0.257 e. The molecule has 1 aliphatic heterocycles. The average molecular weight is 308 g/mol. The number of hydrogen-bond donors (Lipinski definition) is 1. The van der Waals surface area contributed by atoms with Crippen LogP contribution >= 0.6 is 0 Å². The molecular weight excluding hydrogens is 282 g/mol. The van der Waals surface area contributed by atoms with Crippen molar-refractivity contribution in [1.82, 2.24) is 14.7 Å². The van der Waals surface area contributed by atoms with E-state index < -0.39 is 13.4 Å². The van der Waals surface area contributed by atoms with E-state index >= 15 is 0 Å². The van der Waals surface area contributed by atoms with Gasteiger partial charge in [0.05, 0.1) is 11.3 Å². The van der Waals surface area contributed by atoms with Gasteiger partial charge in [0, 0.05) is 19.3 Å². The van der Waals surface area contributed by atoms with Gasteiger partial charge in [-0.25, -0.2) is 4.68 Å². The van der Waals surface area contributed by atoms with Gasteiger partial charge in [-0.3, -0.25) is 4.79 Å². The number of rotatable bonds is 3. The Morgan fingerprint density at radius 1 is 1.33 bits per heavy atom. The highest BCUT2D eigenvalue weighted by Crippen LogP contribution is 2.26. The van der Waals surface area contributed by atoms with Crippen LogP contribution in [0.2, 0.25) is 19.6 Å². The quantitative estimate of drug-likeness (QED) is 0.871. The molecule has 1 saturated heterocycles. The Bertz CT molecular complexity index is 526. The van der Waals surface area contributed by atoms with E-state index in [0.29, 0.717) is 11.3 Å². The first-order valence-corrected chi connectivity index (χ1v) is 11.1. The molecule has 0 aliphatic carbocycles. The number of carbonyl (C=O) groups is 1. The van der Waals surface area contributed by atoms with E-state index in [9.17, 15) is 9.90 Å². The Labute approximate surface area is 128 Å². The molecule has 1 atom stereocenters. The summed E-state index contributed by atoms with van der Waals surface area (Å²) in [5, 5.41) is 13.8. The van der Waals surface area contributed by atoms with Gasteiger partial charge < -0.3 is 10.0 Å². The molecule has 2 heterocycles. The molecule has 117 valence electrons. The molecule has 1 aromatic rings. The number of amides is 1. The van der Waals surface area contributed by atoms with Crippen LogP contribution in [-0.2, 0) is 5.35 Å². The van der Waals surface area contributed by atoms with Gasteiger partial charge in [0.2, 0.25) is 0 Å². The van der Waals surface area contributed by atoms with Crippen LogP contribution < -0.4 is 0 Å². The topological polar surface area (TPSA) is 58.4 Å². The minimum Gasteiger partial charge on any atom is -0.373 e. The van der Waals surface area contributed by atoms with Crippen LogP contribution in [0, 0.1) is 13.8 Å². The van der Waals surface area contributed by atoms with Gasteiger partial charge in [-0.15, -0.1) is 0 Å². The molecule has 1 aliphatic rings. The number of nitrogens with zero attached hydrogens (tertiary/aromatic N) is 3.